The van der Waals surface area contributed by atoms with E-state index in [9.17, 15) is 14.4 Å². The Balaban J connectivity index is 1.29. The van der Waals surface area contributed by atoms with E-state index >= 15 is 0 Å². The Hall–Kier alpha value is -3.55. The lowest BCUT2D eigenvalue weighted by Crippen LogP contribution is -2.48. The van der Waals surface area contributed by atoms with E-state index in [0.717, 1.165) is 63.6 Å². The standard InChI is InChI=1S/C37H64N8O6/c1-36(2,3)50-34(48)44(28-11-8-7-9-12-28)19-10-20-45(35(49)51-37(4,5)6)29-15-13-27(14-16-29)17-18-39-33-40-30(38)25-31(41-33)43-23-21-42(22-24-43)26-32(46)47/h25,27-29H,7-24,26H2,1-6H3,(H,46,47)(H3,38,39,40,41). The van der Waals surface area contributed by atoms with E-state index in [2.05, 4.69) is 15.2 Å². The second-order valence-electron chi connectivity index (χ2n) is 16.5. The Morgan fingerprint density at radius 3 is 1.92 bits per heavy atom. The molecule has 4 rings (SSSR count). The van der Waals surface area contributed by atoms with E-state index < -0.39 is 17.2 Å². The van der Waals surface area contributed by atoms with Crippen molar-refractivity contribution in [1.29, 1.82) is 0 Å². The van der Waals surface area contributed by atoms with Crippen LogP contribution in [0.3, 0.4) is 0 Å². The summed E-state index contributed by atoms with van der Waals surface area (Å²) >= 11 is 0. The maximum atomic E-state index is 13.5. The molecule has 14 heteroatoms. The van der Waals surface area contributed by atoms with Crippen LogP contribution >= 0.6 is 0 Å². The van der Waals surface area contributed by atoms with Gasteiger partial charge in [0.25, 0.3) is 0 Å². The molecule has 0 spiro atoms. The second-order valence-corrected chi connectivity index (χ2v) is 16.5. The molecular formula is C37H64N8O6. The molecule has 1 aromatic heterocycles. The van der Waals surface area contributed by atoms with Gasteiger partial charge in [0.1, 0.15) is 22.8 Å². The summed E-state index contributed by atoms with van der Waals surface area (Å²) in [5.74, 6) is 1.33. The maximum absolute atomic E-state index is 13.5. The number of rotatable bonds is 13. The molecule has 1 aliphatic heterocycles. The summed E-state index contributed by atoms with van der Waals surface area (Å²) in [6, 6.07) is 2.03. The maximum Gasteiger partial charge on any atom is 0.410 e. The van der Waals surface area contributed by atoms with Crippen molar-refractivity contribution in [3.63, 3.8) is 0 Å². The minimum atomic E-state index is -0.816. The first-order chi connectivity index (χ1) is 24.1. The van der Waals surface area contributed by atoms with Crippen molar-refractivity contribution in [1.82, 2.24) is 24.7 Å². The molecule has 51 heavy (non-hydrogen) atoms. The Morgan fingerprint density at radius 1 is 0.843 bits per heavy atom. The van der Waals surface area contributed by atoms with Crippen LogP contribution in [-0.2, 0) is 14.3 Å². The number of anilines is 3. The van der Waals surface area contributed by atoms with Gasteiger partial charge in [-0.2, -0.15) is 9.97 Å². The number of carbonyl (C=O) groups is 3. The van der Waals surface area contributed by atoms with E-state index in [-0.39, 0.29) is 30.8 Å². The number of aromatic nitrogens is 2. The Labute approximate surface area is 304 Å². The predicted octanol–water partition coefficient (Wildman–Crippen LogP) is 5.82. The normalized spacial score (nSPS) is 20.8. The smallest absolute Gasteiger partial charge is 0.410 e. The van der Waals surface area contributed by atoms with Gasteiger partial charge in [-0.15, -0.1) is 0 Å². The number of ether oxygens (including phenoxy) is 2. The van der Waals surface area contributed by atoms with Gasteiger partial charge in [0.15, 0.2) is 0 Å². The molecule has 0 radical (unpaired) electrons. The summed E-state index contributed by atoms with van der Waals surface area (Å²) in [6.45, 7) is 15.9. The lowest BCUT2D eigenvalue weighted by molar-refractivity contribution is -0.138. The van der Waals surface area contributed by atoms with Crippen LogP contribution in [0.5, 0.6) is 0 Å². The largest absolute Gasteiger partial charge is 0.480 e. The van der Waals surface area contributed by atoms with Gasteiger partial charge in [0.05, 0.1) is 6.54 Å². The van der Waals surface area contributed by atoms with Gasteiger partial charge in [-0.3, -0.25) is 9.69 Å². The number of nitrogens with zero attached hydrogens (tertiary/aromatic N) is 6. The summed E-state index contributed by atoms with van der Waals surface area (Å²) in [6.07, 6.45) is 10.3. The molecule has 3 aliphatic rings. The van der Waals surface area contributed by atoms with Crippen molar-refractivity contribution in [2.45, 2.75) is 135 Å². The van der Waals surface area contributed by atoms with Crippen molar-refractivity contribution >= 4 is 35.7 Å². The number of nitrogens with two attached hydrogens (primary N) is 1. The fourth-order valence-electron chi connectivity index (χ4n) is 7.44. The fourth-order valence-corrected chi connectivity index (χ4v) is 7.44. The highest BCUT2D eigenvalue weighted by atomic mass is 16.6. The van der Waals surface area contributed by atoms with Gasteiger partial charge in [0.2, 0.25) is 5.95 Å². The third kappa shape index (κ3) is 13.5. The minimum absolute atomic E-state index is 0.0441. The van der Waals surface area contributed by atoms with Crippen molar-refractivity contribution in [3.05, 3.63) is 6.07 Å². The molecule has 2 heterocycles. The van der Waals surface area contributed by atoms with Crippen molar-refractivity contribution < 1.29 is 29.0 Å². The van der Waals surface area contributed by atoms with Gasteiger partial charge in [0, 0.05) is 64.0 Å². The monoisotopic (exact) mass is 716 g/mol. The highest BCUT2D eigenvalue weighted by Crippen LogP contribution is 2.31. The minimum Gasteiger partial charge on any atom is -0.480 e. The predicted molar refractivity (Wildman–Crippen MR) is 199 cm³/mol. The molecule has 14 nitrogen and oxygen atoms in total. The zero-order valence-corrected chi connectivity index (χ0v) is 32.0. The second kappa shape index (κ2) is 18.3. The summed E-state index contributed by atoms with van der Waals surface area (Å²) in [4.78, 5) is 54.8. The zero-order valence-electron chi connectivity index (χ0n) is 32.0. The van der Waals surface area contributed by atoms with Crippen molar-refractivity contribution in [2.24, 2.45) is 5.92 Å². The van der Waals surface area contributed by atoms with Gasteiger partial charge >= 0.3 is 18.2 Å². The average Bonchev–Trinajstić information content (AvgIpc) is 3.04. The number of hydrogen-bond acceptors (Lipinski definition) is 11. The van der Waals surface area contributed by atoms with Crippen molar-refractivity contribution in [2.75, 3.05) is 68.3 Å². The molecule has 1 aromatic rings. The molecule has 2 saturated carbocycles. The molecule has 0 unspecified atom stereocenters. The Morgan fingerprint density at radius 2 is 1.39 bits per heavy atom. The average molecular weight is 717 g/mol. The van der Waals surface area contributed by atoms with Gasteiger partial charge < -0.3 is 40.3 Å². The zero-order chi connectivity index (χ0) is 37.2. The number of piperazine rings is 1. The van der Waals surface area contributed by atoms with Crippen LogP contribution in [0.2, 0.25) is 0 Å². The third-order valence-electron chi connectivity index (χ3n) is 9.95. The summed E-state index contributed by atoms with van der Waals surface area (Å²) in [5, 5.41) is 12.5. The van der Waals surface area contributed by atoms with E-state index in [4.69, 9.17) is 25.3 Å². The van der Waals surface area contributed by atoms with Gasteiger partial charge in [-0.05, 0) is 98.8 Å². The SMILES string of the molecule is CC(C)(C)OC(=O)N(CCCN(C(=O)OC(C)(C)C)C1CCC(CCNc2nc(N)cc(N3CCN(CC(=O)O)CC3)n2)CC1)C1CCCCC1. The number of carboxylic acids is 1. The number of amides is 2. The number of carbonyl (C=O) groups excluding carboxylic acids is 2. The fraction of sp³-hybridized carbons (Fsp3) is 0.811. The Kier molecular flexibility index (Phi) is 14.4. The molecule has 2 aliphatic carbocycles. The molecule has 3 fully saturated rings. The molecule has 4 N–H and O–H groups in total. The van der Waals surface area contributed by atoms with Crippen LogP contribution in [-0.4, -0.2) is 124 Å². The molecule has 288 valence electrons. The number of nitrogens with one attached hydrogen (secondary N) is 1. The Bertz CT molecular complexity index is 1280. The van der Waals surface area contributed by atoms with Gasteiger partial charge in [-0.25, -0.2) is 9.59 Å². The number of nitrogen functional groups attached to an aromatic ring is 1. The van der Waals surface area contributed by atoms with Gasteiger partial charge in [-0.1, -0.05) is 19.3 Å². The lowest BCUT2D eigenvalue weighted by Gasteiger charge is -2.39. The number of carboxylic acid groups (broad SMARTS) is 1. The molecule has 0 bridgehead atoms. The topological polar surface area (TPSA) is 167 Å². The van der Waals surface area contributed by atoms with Crippen LogP contribution in [0.15, 0.2) is 6.07 Å². The van der Waals surface area contributed by atoms with Crippen LogP contribution < -0.4 is 16.0 Å². The summed E-state index contributed by atoms with van der Waals surface area (Å²) in [5.41, 5.74) is 4.97. The molecule has 0 aromatic carbocycles. The van der Waals surface area contributed by atoms with E-state index in [1.165, 1.54) is 6.42 Å². The van der Waals surface area contributed by atoms with Crippen LogP contribution in [0.1, 0.15) is 112 Å². The van der Waals surface area contributed by atoms with Crippen LogP contribution in [0, 0.1) is 5.92 Å². The first-order valence-electron chi connectivity index (χ1n) is 19.1. The molecule has 2 amide bonds. The van der Waals surface area contributed by atoms with Crippen molar-refractivity contribution in [3.8, 4) is 0 Å². The van der Waals surface area contributed by atoms with E-state index in [1.54, 1.807) is 6.07 Å². The molecular weight excluding hydrogens is 652 g/mol. The number of hydrogen-bond donors (Lipinski definition) is 3. The van der Waals surface area contributed by atoms with E-state index in [1.807, 2.05) is 56.2 Å². The van der Waals surface area contributed by atoms with Crippen LogP contribution in [0.25, 0.3) is 0 Å². The summed E-state index contributed by atoms with van der Waals surface area (Å²) < 4.78 is 11.7. The first kappa shape index (κ1) is 40.2. The first-order valence-corrected chi connectivity index (χ1v) is 19.1. The highest BCUT2D eigenvalue weighted by Gasteiger charge is 2.33. The van der Waals surface area contributed by atoms with Crippen LogP contribution in [0.4, 0.5) is 27.2 Å². The van der Waals surface area contributed by atoms with E-state index in [0.29, 0.717) is 69.9 Å². The lowest BCUT2D eigenvalue weighted by atomic mass is 9.83. The highest BCUT2D eigenvalue weighted by molar-refractivity contribution is 5.70. The molecule has 1 saturated heterocycles. The number of aliphatic carboxylic acids is 1. The quantitative estimate of drug-likeness (QED) is 0.224. The third-order valence-corrected chi connectivity index (χ3v) is 9.95. The summed E-state index contributed by atoms with van der Waals surface area (Å²) in [7, 11) is 0. The molecule has 0 atom stereocenters.